The standard InChI is InChI=1S/C23H46O8/c1-9-16(2)23(25)31-15-22(8)30-14-21(7)29-13-20(6)28-12-19(5)27-11-18(4)26-10-17(3)24/h16-22,24H,9-15H2,1-8H3. The molecule has 7 unspecified atom stereocenters. The Morgan fingerprint density at radius 3 is 1.26 bits per heavy atom. The van der Waals surface area contributed by atoms with Crippen molar-refractivity contribution in [3.05, 3.63) is 0 Å². The van der Waals surface area contributed by atoms with E-state index in [1.165, 1.54) is 0 Å². The number of esters is 1. The molecule has 31 heavy (non-hydrogen) atoms. The van der Waals surface area contributed by atoms with Crippen LogP contribution in [-0.2, 0) is 33.2 Å². The summed E-state index contributed by atoms with van der Waals surface area (Å²) in [6.07, 6.45) is -0.225. The molecule has 0 saturated carbocycles. The van der Waals surface area contributed by atoms with Crippen LogP contribution in [0.3, 0.4) is 0 Å². The Morgan fingerprint density at radius 1 is 0.613 bits per heavy atom. The fourth-order valence-corrected chi connectivity index (χ4v) is 2.25. The summed E-state index contributed by atoms with van der Waals surface area (Å²) < 4.78 is 33.7. The van der Waals surface area contributed by atoms with Crippen LogP contribution >= 0.6 is 0 Å². The lowest BCUT2D eigenvalue weighted by Gasteiger charge is -2.22. The highest BCUT2D eigenvalue weighted by Crippen LogP contribution is 2.06. The smallest absolute Gasteiger partial charge is 0.308 e. The molecule has 0 fully saturated rings. The van der Waals surface area contributed by atoms with Crippen molar-refractivity contribution in [1.82, 2.24) is 0 Å². The fraction of sp³-hybridized carbons (Fsp3) is 0.957. The van der Waals surface area contributed by atoms with E-state index in [0.29, 0.717) is 33.0 Å². The van der Waals surface area contributed by atoms with Crippen molar-refractivity contribution in [3.63, 3.8) is 0 Å². The van der Waals surface area contributed by atoms with Gasteiger partial charge in [-0.05, 0) is 48.0 Å². The molecule has 8 nitrogen and oxygen atoms in total. The molecule has 7 atom stereocenters. The van der Waals surface area contributed by atoms with Gasteiger partial charge in [-0.15, -0.1) is 0 Å². The third-order valence-electron chi connectivity index (χ3n) is 4.56. The van der Waals surface area contributed by atoms with Gasteiger partial charge >= 0.3 is 5.97 Å². The van der Waals surface area contributed by atoms with E-state index in [4.69, 9.17) is 28.4 Å². The molecule has 186 valence electrons. The first-order chi connectivity index (χ1) is 14.5. The van der Waals surface area contributed by atoms with Crippen LogP contribution in [0, 0.1) is 5.92 Å². The van der Waals surface area contributed by atoms with Crippen molar-refractivity contribution in [3.8, 4) is 0 Å². The third-order valence-corrected chi connectivity index (χ3v) is 4.56. The van der Waals surface area contributed by atoms with E-state index >= 15 is 0 Å². The average molecular weight is 451 g/mol. The summed E-state index contributed by atoms with van der Waals surface area (Å²) in [6.45, 7) is 17.4. The van der Waals surface area contributed by atoms with Gasteiger partial charge in [-0.25, -0.2) is 0 Å². The predicted octanol–water partition coefficient (Wildman–Crippen LogP) is 2.98. The van der Waals surface area contributed by atoms with E-state index in [9.17, 15) is 9.90 Å². The maximum atomic E-state index is 11.7. The molecule has 1 N–H and O–H groups in total. The van der Waals surface area contributed by atoms with Gasteiger partial charge in [0.05, 0.1) is 75.6 Å². The number of hydrogen-bond donors (Lipinski definition) is 1. The summed E-state index contributed by atoms with van der Waals surface area (Å²) >= 11 is 0. The molecule has 0 spiro atoms. The normalized spacial score (nSPS) is 18.6. The number of ether oxygens (including phenoxy) is 6. The molecule has 0 amide bonds. The summed E-state index contributed by atoms with van der Waals surface area (Å²) in [5.74, 6) is -0.274. The first-order valence-corrected chi connectivity index (χ1v) is 11.5. The Hall–Kier alpha value is -0.770. The van der Waals surface area contributed by atoms with Gasteiger partial charge in [-0.2, -0.15) is 0 Å². The number of rotatable bonds is 19. The second-order valence-electron chi connectivity index (χ2n) is 8.51. The lowest BCUT2D eigenvalue weighted by molar-refractivity contribution is -0.153. The Bertz CT molecular complexity index is 445. The summed E-state index contributed by atoms with van der Waals surface area (Å²) in [5, 5.41) is 9.22. The first-order valence-electron chi connectivity index (χ1n) is 11.5. The zero-order valence-electron chi connectivity index (χ0n) is 20.8. The molecule has 0 saturated heterocycles. The van der Waals surface area contributed by atoms with E-state index in [-0.39, 0.29) is 49.0 Å². The highest BCUT2D eigenvalue weighted by atomic mass is 16.6. The average Bonchev–Trinajstić information content (AvgIpc) is 2.74. The van der Waals surface area contributed by atoms with Gasteiger partial charge < -0.3 is 33.5 Å². The monoisotopic (exact) mass is 450 g/mol. The van der Waals surface area contributed by atoms with Crippen molar-refractivity contribution < 1.29 is 38.3 Å². The van der Waals surface area contributed by atoms with Crippen LogP contribution in [0.2, 0.25) is 0 Å². The highest BCUT2D eigenvalue weighted by molar-refractivity contribution is 5.71. The zero-order valence-corrected chi connectivity index (χ0v) is 20.8. The minimum Gasteiger partial charge on any atom is -0.463 e. The fourth-order valence-electron chi connectivity index (χ4n) is 2.25. The molecule has 0 bridgehead atoms. The van der Waals surface area contributed by atoms with Gasteiger partial charge in [0.25, 0.3) is 0 Å². The number of carbonyl (C=O) groups is 1. The molecular weight excluding hydrogens is 404 g/mol. The van der Waals surface area contributed by atoms with Gasteiger partial charge in [-0.1, -0.05) is 13.8 Å². The molecule has 0 aliphatic heterocycles. The summed E-state index contributed by atoms with van der Waals surface area (Å²) in [4.78, 5) is 11.7. The van der Waals surface area contributed by atoms with Crippen LogP contribution in [0.15, 0.2) is 0 Å². The summed E-state index contributed by atoms with van der Waals surface area (Å²) in [7, 11) is 0. The quantitative estimate of drug-likeness (QED) is 0.300. The summed E-state index contributed by atoms with van der Waals surface area (Å²) in [5.41, 5.74) is 0. The van der Waals surface area contributed by atoms with E-state index in [0.717, 1.165) is 6.42 Å². The minimum absolute atomic E-state index is 0.0696. The van der Waals surface area contributed by atoms with Gasteiger partial charge in [0, 0.05) is 0 Å². The van der Waals surface area contributed by atoms with Crippen molar-refractivity contribution in [2.75, 3.05) is 39.6 Å². The van der Waals surface area contributed by atoms with Crippen LogP contribution < -0.4 is 0 Å². The van der Waals surface area contributed by atoms with Crippen LogP contribution in [0.25, 0.3) is 0 Å². The van der Waals surface area contributed by atoms with Gasteiger partial charge in [0.1, 0.15) is 6.61 Å². The first kappa shape index (κ1) is 30.2. The van der Waals surface area contributed by atoms with Crippen LogP contribution in [0.4, 0.5) is 0 Å². The van der Waals surface area contributed by atoms with Gasteiger partial charge in [0.15, 0.2) is 0 Å². The molecule has 0 aliphatic rings. The molecule has 0 aromatic carbocycles. The van der Waals surface area contributed by atoms with Crippen molar-refractivity contribution in [2.24, 2.45) is 5.92 Å². The molecule has 0 heterocycles. The number of carbonyl (C=O) groups excluding carboxylic acids is 1. The van der Waals surface area contributed by atoms with Crippen molar-refractivity contribution >= 4 is 5.97 Å². The Balaban J connectivity index is 3.84. The second-order valence-corrected chi connectivity index (χ2v) is 8.51. The number of aliphatic hydroxyl groups is 1. The van der Waals surface area contributed by atoms with E-state index in [1.54, 1.807) is 6.92 Å². The lowest BCUT2D eigenvalue weighted by atomic mass is 10.1. The van der Waals surface area contributed by atoms with Gasteiger partial charge in [-0.3, -0.25) is 4.79 Å². The van der Waals surface area contributed by atoms with Crippen molar-refractivity contribution in [1.29, 1.82) is 0 Å². The predicted molar refractivity (Wildman–Crippen MR) is 119 cm³/mol. The molecule has 8 heteroatoms. The van der Waals surface area contributed by atoms with E-state index < -0.39 is 6.10 Å². The lowest BCUT2D eigenvalue weighted by Crippen LogP contribution is -2.30. The Labute approximate surface area is 188 Å². The SMILES string of the molecule is CCC(C)C(=O)OCC(C)OCC(C)OCC(C)OCC(C)OCC(C)OCC(C)O. The highest BCUT2D eigenvalue weighted by Gasteiger charge is 2.15. The largest absolute Gasteiger partial charge is 0.463 e. The summed E-state index contributed by atoms with van der Waals surface area (Å²) in [6, 6.07) is 0. The molecule has 0 aliphatic carbocycles. The maximum absolute atomic E-state index is 11.7. The van der Waals surface area contributed by atoms with E-state index in [1.807, 2.05) is 48.5 Å². The van der Waals surface area contributed by atoms with Crippen LogP contribution in [0.1, 0.15) is 61.8 Å². The third kappa shape index (κ3) is 17.5. The van der Waals surface area contributed by atoms with Crippen LogP contribution in [0.5, 0.6) is 0 Å². The Morgan fingerprint density at radius 2 is 0.935 bits per heavy atom. The molecular formula is C23H46O8. The molecule has 0 aromatic heterocycles. The topological polar surface area (TPSA) is 92.7 Å². The Kier molecular flexibility index (Phi) is 17.3. The molecule has 0 rings (SSSR count). The maximum Gasteiger partial charge on any atom is 0.308 e. The minimum atomic E-state index is -0.479. The zero-order chi connectivity index (χ0) is 23.8. The van der Waals surface area contributed by atoms with Crippen molar-refractivity contribution in [2.45, 2.75) is 98.4 Å². The van der Waals surface area contributed by atoms with Gasteiger partial charge in [0.2, 0.25) is 0 Å². The molecule has 0 radical (unpaired) electrons. The number of hydrogen-bond acceptors (Lipinski definition) is 8. The van der Waals surface area contributed by atoms with E-state index in [2.05, 4.69) is 0 Å². The molecule has 0 aromatic rings. The van der Waals surface area contributed by atoms with Crippen LogP contribution in [-0.4, -0.2) is 87.3 Å². The number of aliphatic hydroxyl groups excluding tert-OH is 1. The second kappa shape index (κ2) is 17.7.